The lowest BCUT2D eigenvalue weighted by molar-refractivity contribution is 0.238. The first kappa shape index (κ1) is 20.7. The predicted octanol–water partition coefficient (Wildman–Crippen LogP) is 5.40. The summed E-state index contributed by atoms with van der Waals surface area (Å²) in [7, 11) is 0. The van der Waals surface area contributed by atoms with Crippen LogP contribution in [0.3, 0.4) is 0 Å². The molecule has 0 aliphatic carbocycles. The Morgan fingerprint density at radius 3 is 2.31 bits per heavy atom. The van der Waals surface area contributed by atoms with Crippen LogP contribution in [0.15, 0.2) is 66.7 Å². The van der Waals surface area contributed by atoms with E-state index in [1.54, 1.807) is 18.2 Å². The molecule has 3 aromatic rings. The number of phenolic OH excluding ortho intramolecular Hbond substituents is 2. The molecule has 2 heterocycles. The summed E-state index contributed by atoms with van der Waals surface area (Å²) in [6.45, 7) is 4.06. The fourth-order valence-electron chi connectivity index (χ4n) is 4.93. The molecule has 5 nitrogen and oxygen atoms in total. The Balaban J connectivity index is 1.39. The van der Waals surface area contributed by atoms with Gasteiger partial charge in [-0.25, -0.2) is 0 Å². The monoisotopic (exact) mass is 430 g/mol. The average molecular weight is 431 g/mol. The number of likely N-dealkylation sites (tertiary alicyclic amines) is 1. The van der Waals surface area contributed by atoms with Crippen molar-refractivity contribution in [3.63, 3.8) is 0 Å². The molecule has 32 heavy (non-hydrogen) atoms. The molecule has 0 bridgehead atoms. The van der Waals surface area contributed by atoms with E-state index in [0.717, 1.165) is 47.6 Å². The lowest BCUT2D eigenvalue weighted by Gasteiger charge is -2.39. The topological polar surface area (TPSA) is 56.2 Å². The zero-order chi connectivity index (χ0) is 21.9. The summed E-state index contributed by atoms with van der Waals surface area (Å²) in [6.07, 6.45) is 4.41. The van der Waals surface area contributed by atoms with E-state index in [4.69, 9.17) is 4.74 Å². The van der Waals surface area contributed by atoms with Crippen LogP contribution in [-0.4, -0.2) is 41.4 Å². The van der Waals surface area contributed by atoms with Crippen LogP contribution in [-0.2, 0) is 6.42 Å². The van der Waals surface area contributed by atoms with Crippen molar-refractivity contribution >= 4 is 11.4 Å². The van der Waals surface area contributed by atoms with Crippen LogP contribution in [0.2, 0.25) is 0 Å². The molecule has 0 saturated carbocycles. The lowest BCUT2D eigenvalue weighted by atomic mass is 9.90. The predicted molar refractivity (Wildman–Crippen MR) is 127 cm³/mol. The molecule has 1 fully saturated rings. The van der Waals surface area contributed by atoms with Gasteiger partial charge in [-0.3, -0.25) is 4.90 Å². The van der Waals surface area contributed by atoms with Crippen LogP contribution in [0.25, 0.3) is 0 Å². The maximum Gasteiger partial charge on any atom is 0.119 e. The highest BCUT2D eigenvalue weighted by molar-refractivity contribution is 5.71. The van der Waals surface area contributed by atoms with Crippen molar-refractivity contribution in [2.75, 3.05) is 31.1 Å². The van der Waals surface area contributed by atoms with E-state index in [-0.39, 0.29) is 11.8 Å². The minimum atomic E-state index is 0.148. The Bertz CT molecular complexity index is 1040. The van der Waals surface area contributed by atoms with Gasteiger partial charge >= 0.3 is 0 Å². The number of hydrogen-bond donors (Lipinski definition) is 2. The number of benzene rings is 3. The van der Waals surface area contributed by atoms with Gasteiger partial charge in [0.25, 0.3) is 0 Å². The number of ether oxygens (including phenoxy) is 1. The molecule has 3 aromatic carbocycles. The standard InChI is InChI=1S/C27H30N2O3/c30-23-8-3-20(4-9-23)26-13-5-21-19-24(31)10-14-27(21)29(26)22-6-11-25(12-7-22)32-18-17-28-15-1-2-16-28/h3-4,6-12,14,19,26,30-31H,1-2,5,13,15-18H2. The maximum atomic E-state index is 9.99. The highest BCUT2D eigenvalue weighted by Gasteiger charge is 2.29. The second kappa shape index (κ2) is 9.13. The molecular formula is C27H30N2O3. The van der Waals surface area contributed by atoms with E-state index in [9.17, 15) is 10.2 Å². The van der Waals surface area contributed by atoms with Crippen LogP contribution < -0.4 is 9.64 Å². The summed E-state index contributed by atoms with van der Waals surface area (Å²) < 4.78 is 6.00. The Kier molecular flexibility index (Phi) is 5.91. The normalized spacial score (nSPS) is 18.5. The summed E-state index contributed by atoms with van der Waals surface area (Å²) in [6, 6.07) is 21.6. The minimum Gasteiger partial charge on any atom is -0.508 e. The molecule has 1 saturated heterocycles. The number of aromatic hydroxyl groups is 2. The molecule has 0 spiro atoms. The lowest BCUT2D eigenvalue weighted by Crippen LogP contribution is -2.29. The third-order valence-corrected chi connectivity index (χ3v) is 6.59. The molecule has 0 aromatic heterocycles. The first-order valence-electron chi connectivity index (χ1n) is 11.5. The van der Waals surface area contributed by atoms with Crippen LogP contribution in [0.5, 0.6) is 17.2 Å². The fraction of sp³-hybridized carbons (Fsp3) is 0.333. The van der Waals surface area contributed by atoms with Crippen molar-refractivity contribution in [2.45, 2.75) is 31.7 Å². The molecule has 2 aliphatic rings. The summed E-state index contributed by atoms with van der Waals surface area (Å²) in [5, 5.41) is 19.7. The zero-order valence-corrected chi connectivity index (χ0v) is 18.3. The maximum absolute atomic E-state index is 9.99. The van der Waals surface area contributed by atoms with E-state index >= 15 is 0 Å². The van der Waals surface area contributed by atoms with Crippen molar-refractivity contribution in [3.8, 4) is 17.2 Å². The van der Waals surface area contributed by atoms with Gasteiger partial charge in [0.2, 0.25) is 0 Å². The van der Waals surface area contributed by atoms with Gasteiger partial charge in [0.15, 0.2) is 0 Å². The summed E-state index contributed by atoms with van der Waals surface area (Å²) in [5.41, 5.74) is 4.50. The van der Waals surface area contributed by atoms with E-state index in [1.165, 1.54) is 25.9 Å². The van der Waals surface area contributed by atoms with Crippen LogP contribution in [0.4, 0.5) is 11.4 Å². The molecule has 166 valence electrons. The van der Waals surface area contributed by atoms with Gasteiger partial charge in [0.1, 0.15) is 23.9 Å². The molecule has 5 heteroatoms. The number of fused-ring (bicyclic) bond motifs is 1. The van der Waals surface area contributed by atoms with Gasteiger partial charge in [0.05, 0.1) is 6.04 Å². The van der Waals surface area contributed by atoms with E-state index in [1.807, 2.05) is 36.4 Å². The second-order valence-electron chi connectivity index (χ2n) is 8.72. The van der Waals surface area contributed by atoms with Gasteiger partial charge in [0, 0.05) is 17.9 Å². The van der Waals surface area contributed by atoms with Crippen LogP contribution in [0, 0.1) is 0 Å². The molecule has 2 aliphatic heterocycles. The zero-order valence-electron chi connectivity index (χ0n) is 18.3. The average Bonchev–Trinajstić information content (AvgIpc) is 3.33. The van der Waals surface area contributed by atoms with Crippen LogP contribution in [0.1, 0.15) is 36.4 Å². The number of rotatable bonds is 6. The molecule has 0 radical (unpaired) electrons. The Morgan fingerprint density at radius 2 is 1.56 bits per heavy atom. The number of anilines is 2. The van der Waals surface area contributed by atoms with Gasteiger partial charge in [-0.1, -0.05) is 12.1 Å². The first-order valence-corrected chi connectivity index (χ1v) is 11.5. The van der Waals surface area contributed by atoms with Gasteiger partial charge in [-0.15, -0.1) is 0 Å². The molecule has 1 unspecified atom stereocenters. The molecule has 1 atom stereocenters. The van der Waals surface area contributed by atoms with E-state index in [2.05, 4.69) is 21.9 Å². The third-order valence-electron chi connectivity index (χ3n) is 6.59. The fourth-order valence-corrected chi connectivity index (χ4v) is 4.93. The third kappa shape index (κ3) is 4.39. The van der Waals surface area contributed by atoms with Crippen LogP contribution >= 0.6 is 0 Å². The largest absolute Gasteiger partial charge is 0.508 e. The number of aryl methyl sites for hydroxylation is 1. The molecule has 0 amide bonds. The van der Waals surface area contributed by atoms with E-state index in [0.29, 0.717) is 12.4 Å². The van der Waals surface area contributed by atoms with Crippen molar-refractivity contribution in [3.05, 3.63) is 77.9 Å². The SMILES string of the molecule is Oc1ccc(C2CCc3cc(O)ccc3N2c2ccc(OCCN3CCCC3)cc2)cc1. The first-order chi connectivity index (χ1) is 15.7. The summed E-state index contributed by atoms with van der Waals surface area (Å²) in [4.78, 5) is 4.79. The quantitative estimate of drug-likeness (QED) is 0.549. The van der Waals surface area contributed by atoms with Crippen molar-refractivity contribution < 1.29 is 14.9 Å². The molecule has 5 rings (SSSR count). The molecule has 2 N–H and O–H groups in total. The highest BCUT2D eigenvalue weighted by atomic mass is 16.5. The molecular weight excluding hydrogens is 400 g/mol. The van der Waals surface area contributed by atoms with Crippen molar-refractivity contribution in [1.82, 2.24) is 4.90 Å². The Labute approximate surface area is 189 Å². The number of phenols is 2. The Hall–Kier alpha value is -3.18. The van der Waals surface area contributed by atoms with Crippen molar-refractivity contribution in [1.29, 1.82) is 0 Å². The smallest absolute Gasteiger partial charge is 0.119 e. The van der Waals surface area contributed by atoms with Gasteiger partial charge in [-0.2, -0.15) is 0 Å². The summed E-state index contributed by atoms with van der Waals surface area (Å²) in [5.74, 6) is 1.46. The van der Waals surface area contributed by atoms with Gasteiger partial charge < -0.3 is 19.8 Å². The number of nitrogens with zero attached hydrogens (tertiary/aromatic N) is 2. The van der Waals surface area contributed by atoms with Gasteiger partial charge in [-0.05, 0) is 104 Å². The highest BCUT2D eigenvalue weighted by Crippen LogP contribution is 2.45. The minimum absolute atomic E-state index is 0.148. The summed E-state index contributed by atoms with van der Waals surface area (Å²) >= 11 is 0. The Morgan fingerprint density at radius 1 is 0.844 bits per heavy atom. The van der Waals surface area contributed by atoms with Crippen molar-refractivity contribution in [2.24, 2.45) is 0 Å². The second-order valence-corrected chi connectivity index (χ2v) is 8.72. The van der Waals surface area contributed by atoms with E-state index < -0.39 is 0 Å². The number of hydrogen-bond acceptors (Lipinski definition) is 5.